The van der Waals surface area contributed by atoms with Gasteiger partial charge in [-0.05, 0) is 55.7 Å². The van der Waals surface area contributed by atoms with Gasteiger partial charge in [0, 0.05) is 6.54 Å². The second-order valence-electron chi connectivity index (χ2n) is 6.89. The van der Waals surface area contributed by atoms with Gasteiger partial charge in [0.1, 0.15) is 5.75 Å². The smallest absolute Gasteiger partial charge is 0.208 e. The first-order chi connectivity index (χ1) is 11.1. The molecule has 0 aliphatic heterocycles. The average molecular weight is 353 g/mol. The van der Waals surface area contributed by atoms with E-state index in [1.165, 1.54) is 0 Å². The van der Waals surface area contributed by atoms with Crippen LogP contribution in [0.2, 0.25) is 0 Å². The van der Waals surface area contributed by atoms with Crippen molar-refractivity contribution < 1.29 is 18.3 Å². The number of hydrogen-bond acceptors (Lipinski definition) is 4. The Morgan fingerprint density at radius 3 is 2.54 bits per heavy atom. The summed E-state index contributed by atoms with van der Waals surface area (Å²) in [5.74, 6) is 1.17. The Morgan fingerprint density at radius 2 is 2.04 bits per heavy atom. The summed E-state index contributed by atoms with van der Waals surface area (Å²) in [5, 5.41) is 10.9. The molecule has 1 aliphatic rings. The number of nitrogens with one attached hydrogen (secondary N) is 1. The Labute approximate surface area is 144 Å². The van der Waals surface area contributed by atoms with Crippen LogP contribution in [-0.2, 0) is 10.0 Å². The molecule has 1 fully saturated rings. The quantitative estimate of drug-likeness (QED) is 0.770. The lowest BCUT2D eigenvalue weighted by Gasteiger charge is -2.42. The third kappa shape index (κ3) is 4.82. The highest BCUT2D eigenvalue weighted by molar-refractivity contribution is 7.88. The van der Waals surface area contributed by atoms with Crippen molar-refractivity contribution in [2.75, 3.05) is 19.9 Å². The predicted octanol–water partition coefficient (Wildman–Crippen LogP) is 2.44. The summed E-state index contributed by atoms with van der Waals surface area (Å²) >= 11 is 0. The molecule has 0 bridgehead atoms. The molecule has 5 nitrogen and oxygen atoms in total. The second kappa shape index (κ2) is 7.25. The molecule has 1 aromatic carbocycles. The Morgan fingerprint density at radius 1 is 1.42 bits per heavy atom. The van der Waals surface area contributed by atoms with Gasteiger partial charge in [0.25, 0.3) is 0 Å². The lowest BCUT2D eigenvalue weighted by molar-refractivity contribution is -0.00904. The summed E-state index contributed by atoms with van der Waals surface area (Å²) in [5.41, 5.74) is 1.16. The van der Waals surface area contributed by atoms with Gasteiger partial charge in [-0.15, -0.1) is 0 Å². The van der Waals surface area contributed by atoms with Gasteiger partial charge in [-0.1, -0.05) is 24.3 Å². The van der Waals surface area contributed by atoms with Gasteiger partial charge in [0.15, 0.2) is 0 Å². The van der Waals surface area contributed by atoms with E-state index in [0.29, 0.717) is 12.8 Å². The molecule has 0 radical (unpaired) electrons. The Balaban J connectivity index is 2.23. The van der Waals surface area contributed by atoms with Gasteiger partial charge in [-0.25, -0.2) is 13.1 Å². The minimum absolute atomic E-state index is 0.0431. The van der Waals surface area contributed by atoms with E-state index in [1.54, 1.807) is 7.11 Å². The van der Waals surface area contributed by atoms with E-state index >= 15 is 0 Å². The highest BCUT2D eigenvalue weighted by Crippen LogP contribution is 2.45. The third-order valence-electron chi connectivity index (χ3n) is 4.85. The number of aliphatic hydroxyl groups is 1. The highest BCUT2D eigenvalue weighted by atomic mass is 32.2. The van der Waals surface area contributed by atoms with Crippen molar-refractivity contribution in [3.8, 4) is 5.75 Å². The molecule has 0 heterocycles. The monoisotopic (exact) mass is 353 g/mol. The van der Waals surface area contributed by atoms with Crippen molar-refractivity contribution in [2.45, 2.75) is 37.7 Å². The van der Waals surface area contributed by atoms with E-state index in [2.05, 4.69) is 11.3 Å². The fourth-order valence-corrected chi connectivity index (χ4v) is 4.03. The molecule has 0 amide bonds. The molecule has 1 unspecified atom stereocenters. The van der Waals surface area contributed by atoms with Gasteiger partial charge in [0.05, 0.1) is 19.0 Å². The molecule has 0 aromatic heterocycles. The molecule has 134 valence electrons. The molecule has 0 saturated heterocycles. The summed E-state index contributed by atoms with van der Waals surface area (Å²) in [6.07, 6.45) is 2.95. The lowest BCUT2D eigenvalue weighted by Crippen LogP contribution is -2.47. The minimum Gasteiger partial charge on any atom is -0.497 e. The summed E-state index contributed by atoms with van der Waals surface area (Å²) in [4.78, 5) is 0. The fourth-order valence-electron chi connectivity index (χ4n) is 3.50. The van der Waals surface area contributed by atoms with Crippen molar-refractivity contribution in [3.05, 3.63) is 42.0 Å². The zero-order valence-electron chi connectivity index (χ0n) is 14.6. The first-order valence-electron chi connectivity index (χ1n) is 8.10. The van der Waals surface area contributed by atoms with Gasteiger partial charge in [-0.3, -0.25) is 0 Å². The van der Waals surface area contributed by atoms with Crippen molar-refractivity contribution >= 4 is 10.0 Å². The van der Waals surface area contributed by atoms with Gasteiger partial charge >= 0.3 is 0 Å². The summed E-state index contributed by atoms with van der Waals surface area (Å²) in [6.45, 7) is 6.16. The number of rotatable bonds is 6. The second-order valence-corrected chi connectivity index (χ2v) is 8.73. The Kier molecular flexibility index (Phi) is 5.73. The maximum atomic E-state index is 11.4. The number of sulfonamides is 1. The summed E-state index contributed by atoms with van der Waals surface area (Å²) < 4.78 is 30.4. The van der Waals surface area contributed by atoms with Crippen LogP contribution >= 0.6 is 0 Å². The van der Waals surface area contributed by atoms with Crippen LogP contribution in [0.5, 0.6) is 5.75 Å². The Hall–Kier alpha value is -1.37. The van der Waals surface area contributed by atoms with Crippen molar-refractivity contribution in [3.63, 3.8) is 0 Å². The van der Waals surface area contributed by atoms with E-state index in [-0.39, 0.29) is 18.4 Å². The summed E-state index contributed by atoms with van der Waals surface area (Å²) in [6, 6.07) is 7.84. The first kappa shape index (κ1) is 19.0. The maximum absolute atomic E-state index is 11.4. The number of benzene rings is 1. The molecule has 2 N–H and O–H groups in total. The normalized spacial score (nSPS) is 27.7. The fraction of sp³-hybridized carbons (Fsp3) is 0.556. The standard InChI is InChI=1S/C18H27NO4S/c1-13(2)16-9-10-18(20,12-19-24(4,21)22)11-17(16)14-5-7-15(23-3)8-6-14/h5-8,16-17,19-20H,1,9-12H2,2-4H3/t16-,17-,18?/m0/s1. The predicted molar refractivity (Wildman–Crippen MR) is 95.7 cm³/mol. The number of hydrogen-bond donors (Lipinski definition) is 2. The molecule has 1 saturated carbocycles. The van der Waals surface area contributed by atoms with Crippen LogP contribution in [0.3, 0.4) is 0 Å². The molecule has 1 aromatic rings. The van der Waals surface area contributed by atoms with Crippen LogP contribution < -0.4 is 9.46 Å². The lowest BCUT2D eigenvalue weighted by atomic mass is 9.67. The molecule has 6 heteroatoms. The molecule has 1 aliphatic carbocycles. The largest absolute Gasteiger partial charge is 0.497 e. The molecular weight excluding hydrogens is 326 g/mol. The minimum atomic E-state index is -3.33. The van der Waals surface area contributed by atoms with Gasteiger partial charge in [0.2, 0.25) is 10.0 Å². The average Bonchev–Trinajstić information content (AvgIpc) is 2.52. The zero-order chi connectivity index (χ0) is 18.0. The molecular formula is C18H27NO4S. The van der Waals surface area contributed by atoms with Crippen molar-refractivity contribution in [1.82, 2.24) is 4.72 Å². The van der Waals surface area contributed by atoms with Crippen LogP contribution in [0, 0.1) is 5.92 Å². The van der Waals surface area contributed by atoms with E-state index in [4.69, 9.17) is 4.74 Å². The SMILES string of the molecule is C=C(C)[C@@H]1CCC(O)(CNS(C)(=O)=O)C[C@H]1c1ccc(OC)cc1. The van der Waals surface area contributed by atoms with E-state index in [0.717, 1.165) is 29.6 Å². The van der Waals surface area contributed by atoms with E-state index in [1.807, 2.05) is 31.2 Å². The summed E-state index contributed by atoms with van der Waals surface area (Å²) in [7, 11) is -1.70. The zero-order valence-corrected chi connectivity index (χ0v) is 15.4. The molecule has 0 spiro atoms. The third-order valence-corrected chi connectivity index (χ3v) is 5.52. The van der Waals surface area contributed by atoms with Crippen molar-refractivity contribution in [2.24, 2.45) is 5.92 Å². The Bertz CT molecular complexity index is 683. The number of allylic oxidation sites excluding steroid dienone is 1. The topological polar surface area (TPSA) is 75.6 Å². The number of methoxy groups -OCH3 is 1. The molecule has 24 heavy (non-hydrogen) atoms. The van der Waals surface area contributed by atoms with Crippen LogP contribution in [0.4, 0.5) is 0 Å². The van der Waals surface area contributed by atoms with E-state index in [9.17, 15) is 13.5 Å². The van der Waals surface area contributed by atoms with Crippen LogP contribution in [0.15, 0.2) is 36.4 Å². The van der Waals surface area contributed by atoms with E-state index < -0.39 is 15.6 Å². The van der Waals surface area contributed by atoms with Crippen LogP contribution in [0.25, 0.3) is 0 Å². The highest BCUT2D eigenvalue weighted by Gasteiger charge is 2.40. The number of ether oxygens (including phenoxy) is 1. The maximum Gasteiger partial charge on any atom is 0.208 e. The van der Waals surface area contributed by atoms with Crippen molar-refractivity contribution in [1.29, 1.82) is 0 Å². The first-order valence-corrected chi connectivity index (χ1v) is 9.99. The van der Waals surface area contributed by atoms with Gasteiger partial charge in [-0.2, -0.15) is 0 Å². The van der Waals surface area contributed by atoms with Gasteiger partial charge < -0.3 is 9.84 Å². The van der Waals surface area contributed by atoms with Crippen LogP contribution in [0.1, 0.15) is 37.7 Å². The van der Waals surface area contributed by atoms with Crippen LogP contribution in [-0.4, -0.2) is 39.0 Å². The molecule has 2 rings (SSSR count). The molecule has 3 atom stereocenters.